The van der Waals surface area contributed by atoms with Crippen LogP contribution in [0.2, 0.25) is 0 Å². The van der Waals surface area contributed by atoms with Crippen molar-refractivity contribution < 1.29 is 13.2 Å². The molecule has 0 bridgehead atoms. The van der Waals surface area contributed by atoms with Gasteiger partial charge in [0, 0.05) is 6.54 Å². The summed E-state index contributed by atoms with van der Waals surface area (Å²) in [5.74, 6) is -0.587. The van der Waals surface area contributed by atoms with Gasteiger partial charge in [-0.2, -0.15) is 9.97 Å². The van der Waals surface area contributed by atoms with Gasteiger partial charge in [0.05, 0.1) is 17.7 Å². The number of fused-ring (bicyclic) bond motifs is 2. The summed E-state index contributed by atoms with van der Waals surface area (Å²) in [7, 11) is 0. The molecule has 2 aromatic carbocycles. The molecular weight excluding hydrogens is 483 g/mol. The first kappa shape index (κ1) is 23.2. The van der Waals surface area contributed by atoms with Gasteiger partial charge >= 0.3 is 0 Å². The molecule has 12 heteroatoms. The zero-order valence-corrected chi connectivity index (χ0v) is 19.7. The van der Waals surface area contributed by atoms with E-state index in [1.807, 2.05) is 0 Å². The van der Waals surface area contributed by atoms with Crippen molar-refractivity contribution in [1.82, 2.24) is 34.8 Å². The van der Waals surface area contributed by atoms with E-state index < -0.39 is 11.6 Å². The van der Waals surface area contributed by atoms with Crippen molar-refractivity contribution in [2.75, 3.05) is 30.3 Å². The molecule has 9 nitrogen and oxygen atoms in total. The van der Waals surface area contributed by atoms with E-state index in [1.165, 1.54) is 18.2 Å². The predicted octanol–water partition coefficient (Wildman–Crippen LogP) is 4.13. The number of rotatable bonds is 7. The molecule has 0 atom stereocenters. The van der Waals surface area contributed by atoms with Gasteiger partial charge in [-0.3, -0.25) is 4.57 Å². The van der Waals surface area contributed by atoms with Crippen LogP contribution in [0.1, 0.15) is 18.7 Å². The zero-order chi connectivity index (χ0) is 25.4. The van der Waals surface area contributed by atoms with Gasteiger partial charge in [-0.15, -0.1) is 0 Å². The Labute approximate surface area is 209 Å². The van der Waals surface area contributed by atoms with E-state index in [1.54, 1.807) is 23.0 Å². The van der Waals surface area contributed by atoms with Gasteiger partial charge in [0.1, 0.15) is 23.5 Å². The molecule has 0 amide bonds. The number of piperidine rings is 1. The van der Waals surface area contributed by atoms with Crippen molar-refractivity contribution in [2.45, 2.75) is 19.4 Å². The van der Waals surface area contributed by atoms with Gasteiger partial charge in [0.15, 0.2) is 28.6 Å². The number of anilines is 2. The Balaban J connectivity index is 1.33. The molecule has 1 saturated heterocycles. The lowest BCUT2D eigenvalue weighted by molar-refractivity contribution is 0.389. The molecule has 37 heavy (non-hydrogen) atoms. The minimum atomic E-state index is -0.998. The number of benzene rings is 2. The number of imidazole rings is 2. The molecule has 1 aliphatic rings. The van der Waals surface area contributed by atoms with E-state index in [0.29, 0.717) is 45.9 Å². The van der Waals surface area contributed by atoms with Crippen LogP contribution in [0.4, 0.5) is 24.9 Å². The molecule has 1 fully saturated rings. The number of aromatic amines is 1. The summed E-state index contributed by atoms with van der Waals surface area (Å²) < 4.78 is 43.3. The molecule has 6 rings (SSSR count). The maximum atomic E-state index is 14.1. The average molecular weight is 508 g/mol. The number of nitrogens with one attached hydrogen (secondary N) is 4. The zero-order valence-electron chi connectivity index (χ0n) is 19.7. The number of H-pyrrole nitrogens is 1. The largest absolute Gasteiger partial charge is 0.361 e. The Morgan fingerprint density at radius 1 is 0.973 bits per heavy atom. The maximum absolute atomic E-state index is 14.1. The van der Waals surface area contributed by atoms with Crippen LogP contribution in [0.25, 0.3) is 27.9 Å². The summed E-state index contributed by atoms with van der Waals surface area (Å²) in [6, 6.07) is 8.66. The quantitative estimate of drug-likeness (QED) is 0.262. The summed E-state index contributed by atoms with van der Waals surface area (Å²) in [6.45, 7) is 2.83. The molecule has 190 valence electrons. The SMILES string of the molecule is Fc1cccc(-n2cnc3c(NCc4nc5c(F)c(F)ccc5[nH]4)nc(NCC4CCNCC4)nc32)c1. The van der Waals surface area contributed by atoms with Crippen molar-refractivity contribution >= 4 is 34.0 Å². The number of hydrogen-bond acceptors (Lipinski definition) is 7. The number of halogens is 3. The highest BCUT2D eigenvalue weighted by molar-refractivity contribution is 5.85. The second-order valence-corrected chi connectivity index (χ2v) is 9.03. The summed E-state index contributed by atoms with van der Waals surface area (Å²) in [5.41, 5.74) is 1.87. The number of nitrogens with zero attached hydrogens (tertiary/aromatic N) is 5. The fraction of sp³-hybridized carbons (Fsp3) is 0.280. The Bertz CT molecular complexity index is 1570. The average Bonchev–Trinajstić information content (AvgIpc) is 3.54. The molecule has 4 heterocycles. The van der Waals surface area contributed by atoms with Crippen molar-refractivity contribution in [3.8, 4) is 5.69 Å². The van der Waals surface area contributed by atoms with Crippen molar-refractivity contribution in [1.29, 1.82) is 0 Å². The highest BCUT2D eigenvalue weighted by Crippen LogP contribution is 2.25. The first-order valence-electron chi connectivity index (χ1n) is 12.1. The first-order valence-corrected chi connectivity index (χ1v) is 12.1. The summed E-state index contributed by atoms with van der Waals surface area (Å²) in [6.07, 6.45) is 3.69. The van der Waals surface area contributed by atoms with Gasteiger partial charge in [-0.25, -0.2) is 23.1 Å². The van der Waals surface area contributed by atoms with Gasteiger partial charge in [0.2, 0.25) is 5.95 Å². The van der Waals surface area contributed by atoms with Gasteiger partial charge < -0.3 is 20.9 Å². The Morgan fingerprint density at radius 2 is 1.84 bits per heavy atom. The molecule has 0 unspecified atom stereocenters. The smallest absolute Gasteiger partial charge is 0.226 e. The Kier molecular flexibility index (Phi) is 6.08. The maximum Gasteiger partial charge on any atom is 0.226 e. The molecule has 0 radical (unpaired) electrons. The molecule has 0 aliphatic carbocycles. The summed E-state index contributed by atoms with van der Waals surface area (Å²) in [5, 5.41) is 9.89. The van der Waals surface area contributed by atoms with E-state index in [0.717, 1.165) is 38.5 Å². The van der Waals surface area contributed by atoms with Crippen LogP contribution in [0.3, 0.4) is 0 Å². The third-order valence-corrected chi connectivity index (χ3v) is 6.51. The van der Waals surface area contributed by atoms with Crippen LogP contribution in [0.5, 0.6) is 0 Å². The minimum Gasteiger partial charge on any atom is -0.361 e. The minimum absolute atomic E-state index is 0.0654. The lowest BCUT2D eigenvalue weighted by Gasteiger charge is -2.22. The van der Waals surface area contributed by atoms with Crippen LogP contribution in [0, 0.1) is 23.4 Å². The van der Waals surface area contributed by atoms with Crippen molar-refractivity contribution in [2.24, 2.45) is 5.92 Å². The van der Waals surface area contributed by atoms with Crippen molar-refractivity contribution in [3.63, 3.8) is 0 Å². The van der Waals surface area contributed by atoms with E-state index in [2.05, 4.69) is 40.9 Å². The molecule has 3 aromatic heterocycles. The summed E-state index contributed by atoms with van der Waals surface area (Å²) >= 11 is 0. The van der Waals surface area contributed by atoms with Crippen LogP contribution >= 0.6 is 0 Å². The second kappa shape index (κ2) is 9.69. The van der Waals surface area contributed by atoms with E-state index in [-0.39, 0.29) is 17.9 Å². The van der Waals surface area contributed by atoms with Gasteiger partial charge in [-0.05, 0) is 62.2 Å². The highest BCUT2D eigenvalue weighted by Gasteiger charge is 2.18. The van der Waals surface area contributed by atoms with E-state index >= 15 is 0 Å². The summed E-state index contributed by atoms with van der Waals surface area (Å²) in [4.78, 5) is 21.0. The lowest BCUT2D eigenvalue weighted by atomic mass is 9.98. The Morgan fingerprint density at radius 3 is 2.68 bits per heavy atom. The first-order chi connectivity index (χ1) is 18.0. The molecule has 1 aliphatic heterocycles. The van der Waals surface area contributed by atoms with E-state index in [9.17, 15) is 13.2 Å². The lowest BCUT2D eigenvalue weighted by Crippen LogP contribution is -2.31. The molecule has 0 spiro atoms. The van der Waals surface area contributed by atoms with E-state index in [4.69, 9.17) is 0 Å². The van der Waals surface area contributed by atoms with Crippen molar-refractivity contribution in [3.05, 3.63) is 66.0 Å². The number of aromatic nitrogens is 6. The topological polar surface area (TPSA) is 108 Å². The monoisotopic (exact) mass is 507 g/mol. The fourth-order valence-corrected chi connectivity index (χ4v) is 4.56. The molecular formula is C25H24F3N9. The highest BCUT2D eigenvalue weighted by atomic mass is 19.2. The van der Waals surface area contributed by atoms with Crippen LogP contribution in [-0.4, -0.2) is 49.1 Å². The normalized spacial score (nSPS) is 14.5. The fourth-order valence-electron chi connectivity index (χ4n) is 4.56. The molecule has 4 N–H and O–H groups in total. The third-order valence-electron chi connectivity index (χ3n) is 6.51. The van der Waals surface area contributed by atoms with Gasteiger partial charge in [-0.1, -0.05) is 6.07 Å². The second-order valence-electron chi connectivity index (χ2n) is 9.03. The molecule has 0 saturated carbocycles. The van der Waals surface area contributed by atoms with Gasteiger partial charge in [0.25, 0.3) is 0 Å². The predicted molar refractivity (Wildman–Crippen MR) is 134 cm³/mol. The number of hydrogen-bond donors (Lipinski definition) is 4. The third kappa shape index (κ3) is 4.67. The van der Waals surface area contributed by atoms with Crippen LogP contribution in [0.15, 0.2) is 42.7 Å². The molecule has 5 aromatic rings. The van der Waals surface area contributed by atoms with Crippen LogP contribution in [-0.2, 0) is 6.54 Å². The van der Waals surface area contributed by atoms with Crippen LogP contribution < -0.4 is 16.0 Å². The standard InChI is InChI=1S/C25H24F3N9/c26-15-2-1-3-16(10-15)37-13-32-22-23(30-12-19-33-18-5-4-17(27)20(28)21(18)34-19)35-25(36-24(22)37)31-11-14-6-8-29-9-7-14/h1-5,10,13-14,29H,6-9,11-12H2,(H,33,34)(H2,30,31,35,36). The Hall–Kier alpha value is -4.19.